The van der Waals surface area contributed by atoms with Crippen LogP contribution in [0, 0.1) is 16.1 Å². The third-order valence-corrected chi connectivity index (χ3v) is 12.0. The highest BCUT2D eigenvalue weighted by molar-refractivity contribution is 7.90. The van der Waals surface area contributed by atoms with Crippen molar-refractivity contribution in [3.8, 4) is 28.1 Å². The molecule has 7 aromatic rings. The highest BCUT2D eigenvalue weighted by atomic mass is 32.2. The fourth-order valence-electron chi connectivity index (χ4n) is 7.52. The van der Waals surface area contributed by atoms with E-state index in [-0.39, 0.29) is 63.6 Å². The summed E-state index contributed by atoms with van der Waals surface area (Å²) in [6.07, 6.45) is 0.661. The van der Waals surface area contributed by atoms with Gasteiger partial charge in [-0.2, -0.15) is 4.39 Å². The van der Waals surface area contributed by atoms with Crippen LogP contribution in [0.25, 0.3) is 44.5 Å². The Morgan fingerprint density at radius 1 is 1.02 bits per heavy atom. The van der Waals surface area contributed by atoms with Crippen LogP contribution in [0.5, 0.6) is 5.75 Å². The normalized spacial score (nSPS) is 15.3. The average molecular weight is 867 g/mol. The number of nitro groups is 1. The molecule has 1 saturated carbocycles. The summed E-state index contributed by atoms with van der Waals surface area (Å²) in [5.41, 5.74) is 0.0248. The van der Waals surface area contributed by atoms with Crippen molar-refractivity contribution in [2.45, 2.75) is 62.8 Å². The summed E-state index contributed by atoms with van der Waals surface area (Å²) in [5, 5.41) is 17.9. The molecule has 4 aromatic heterocycles. The molecule has 0 unspecified atom stereocenters. The number of aryl methyl sites for hydroxylation is 2. The van der Waals surface area contributed by atoms with E-state index in [9.17, 15) is 32.9 Å². The molecule has 62 heavy (non-hydrogen) atoms. The molecule has 0 aliphatic heterocycles. The smallest absolute Gasteiger partial charge is 0.444 e. The van der Waals surface area contributed by atoms with E-state index in [4.69, 9.17) is 14.2 Å². The van der Waals surface area contributed by atoms with Gasteiger partial charge in [-0.1, -0.05) is 36.4 Å². The lowest BCUT2D eigenvalue weighted by molar-refractivity contribution is -0.384. The molecule has 1 amide bonds. The Morgan fingerprint density at radius 2 is 1.73 bits per heavy atom. The van der Waals surface area contributed by atoms with E-state index in [1.54, 1.807) is 70.3 Å². The fourth-order valence-corrected chi connectivity index (χ4v) is 9.03. The number of carbonyl (C=O) groups excluding carboxylic acids is 2. The van der Waals surface area contributed by atoms with Crippen LogP contribution in [-0.4, -0.2) is 65.2 Å². The number of aromatic nitrogens is 6. The molecule has 320 valence electrons. The van der Waals surface area contributed by atoms with Crippen LogP contribution in [0.4, 0.5) is 19.7 Å². The van der Waals surface area contributed by atoms with Gasteiger partial charge in [0.2, 0.25) is 5.95 Å². The van der Waals surface area contributed by atoms with E-state index in [1.807, 2.05) is 0 Å². The molecule has 0 radical (unpaired) electrons. The van der Waals surface area contributed by atoms with Gasteiger partial charge in [-0.25, -0.2) is 31.8 Å². The van der Waals surface area contributed by atoms with Gasteiger partial charge in [0.05, 0.1) is 43.7 Å². The predicted octanol–water partition coefficient (Wildman–Crippen LogP) is 6.99. The van der Waals surface area contributed by atoms with Crippen molar-refractivity contribution in [3.63, 3.8) is 0 Å². The number of fused-ring (bicyclic) bond motifs is 3. The summed E-state index contributed by atoms with van der Waals surface area (Å²) in [7, 11) is -1.52. The maximum Gasteiger partial charge on any atom is 0.514 e. The van der Waals surface area contributed by atoms with Crippen molar-refractivity contribution in [2.75, 3.05) is 0 Å². The van der Waals surface area contributed by atoms with Gasteiger partial charge in [-0.3, -0.25) is 23.9 Å². The number of amides is 1. The van der Waals surface area contributed by atoms with Gasteiger partial charge in [0.1, 0.15) is 17.5 Å². The van der Waals surface area contributed by atoms with Crippen LogP contribution in [0.2, 0.25) is 0 Å². The van der Waals surface area contributed by atoms with Gasteiger partial charge >= 0.3 is 17.9 Å². The number of imidazole rings is 1. The summed E-state index contributed by atoms with van der Waals surface area (Å²) in [6, 6.07) is 18.8. The number of alkyl carbamates (subject to hydrolysis) is 1. The maximum atomic E-state index is 16.1. The number of pyridine rings is 1. The summed E-state index contributed by atoms with van der Waals surface area (Å²) in [6.45, 7) is 5.22. The van der Waals surface area contributed by atoms with E-state index in [0.29, 0.717) is 22.2 Å². The summed E-state index contributed by atoms with van der Waals surface area (Å²) < 4.78 is 67.2. The number of benzene rings is 3. The first kappa shape index (κ1) is 41.4. The zero-order valence-electron chi connectivity index (χ0n) is 33.9. The molecule has 20 heteroatoms. The molecule has 1 N–H and O–H groups in total. The van der Waals surface area contributed by atoms with Crippen molar-refractivity contribution in [1.82, 2.24) is 33.2 Å². The van der Waals surface area contributed by atoms with Gasteiger partial charge in [-0.15, -0.1) is 5.10 Å². The zero-order valence-corrected chi connectivity index (χ0v) is 34.8. The number of ether oxygens (including phenoxy) is 3. The van der Waals surface area contributed by atoms with E-state index in [0.717, 1.165) is 3.97 Å². The van der Waals surface area contributed by atoms with E-state index in [1.165, 1.54) is 69.7 Å². The Kier molecular flexibility index (Phi) is 10.4. The Bertz CT molecular complexity index is 3090. The van der Waals surface area contributed by atoms with Crippen LogP contribution in [0.3, 0.4) is 0 Å². The first-order chi connectivity index (χ1) is 29.4. The third kappa shape index (κ3) is 7.63. The maximum absolute atomic E-state index is 16.1. The second-order valence-corrected chi connectivity index (χ2v) is 17.5. The number of nitrogens with zero attached hydrogens (tertiary/aromatic N) is 7. The predicted molar refractivity (Wildman–Crippen MR) is 222 cm³/mol. The number of hydrogen-bond acceptors (Lipinski definition) is 12. The molecule has 3 aromatic carbocycles. The number of carbonyl (C=O) groups is 2. The number of rotatable bonds is 10. The van der Waals surface area contributed by atoms with Crippen molar-refractivity contribution < 1.29 is 41.5 Å². The standard InChI is InChI=1S/C42H39FN8O10S/c1-42(2,3)61-39(52)45-21-24-10-9-11-25(18-24)33-34-36-32(22-44-38(34)50(35(33)31-23-47(4)46-37(31)43)62(57,58)30-12-7-6-8-13-30)48(5)40(53)49(36)27-19-29(20-27)60-41(54)59-28-16-14-26(15-17-28)51(55)56/h6-18,22-23,27,29H,19-21H2,1-5H3,(H,45,52). The van der Waals surface area contributed by atoms with Crippen molar-refractivity contribution >= 4 is 50.0 Å². The molecular weight excluding hydrogens is 828 g/mol. The number of nitro benzene ring substituents is 1. The van der Waals surface area contributed by atoms with Crippen LogP contribution in [0.15, 0.2) is 101 Å². The Labute approximate surface area is 352 Å². The molecule has 0 bridgehead atoms. The van der Waals surface area contributed by atoms with E-state index < -0.39 is 56.6 Å². The molecule has 8 rings (SSSR count). The van der Waals surface area contributed by atoms with Gasteiger partial charge in [0.15, 0.2) is 5.65 Å². The first-order valence-corrected chi connectivity index (χ1v) is 20.7. The van der Waals surface area contributed by atoms with Crippen molar-refractivity contribution in [3.05, 3.63) is 123 Å². The largest absolute Gasteiger partial charge is 0.514 e. The van der Waals surface area contributed by atoms with Crippen LogP contribution < -0.4 is 15.7 Å². The molecule has 18 nitrogen and oxygen atoms in total. The number of hydrogen-bond donors (Lipinski definition) is 1. The summed E-state index contributed by atoms with van der Waals surface area (Å²) in [4.78, 5) is 54.6. The number of nitrogens with one attached hydrogen (secondary N) is 1. The van der Waals surface area contributed by atoms with Gasteiger partial charge in [0, 0.05) is 63.4 Å². The molecule has 0 saturated heterocycles. The van der Waals surface area contributed by atoms with E-state index >= 15 is 4.39 Å². The number of halogens is 1. The second-order valence-electron chi connectivity index (χ2n) is 15.7. The molecule has 1 fully saturated rings. The first-order valence-electron chi connectivity index (χ1n) is 19.2. The van der Waals surface area contributed by atoms with Gasteiger partial charge in [0.25, 0.3) is 15.7 Å². The third-order valence-electron chi connectivity index (χ3n) is 10.3. The molecule has 0 spiro atoms. The average Bonchev–Trinajstić information content (AvgIpc) is 3.82. The highest BCUT2D eigenvalue weighted by Crippen LogP contribution is 2.47. The Balaban J connectivity index is 1.29. The minimum Gasteiger partial charge on any atom is -0.444 e. The SMILES string of the molecule is Cn1cc(-c2c(-c3cccc(CNC(=O)OC(C)(C)C)c3)c3c(ncc4c3n(C3CC(OC(=O)Oc5ccc([N+](=O)[O-])cc5)C3)c(=O)n4C)n2S(=O)(=O)c2ccccc2)c(F)n1. The van der Waals surface area contributed by atoms with Crippen molar-refractivity contribution in [2.24, 2.45) is 14.1 Å². The Hall–Kier alpha value is -7.35. The molecular formula is C42H39FN8O10S. The quantitative estimate of drug-likeness (QED) is 0.0638. The molecule has 1 aliphatic rings. The van der Waals surface area contributed by atoms with Crippen LogP contribution in [-0.2, 0) is 40.1 Å². The lowest BCUT2D eigenvalue weighted by atomic mass is 9.88. The minimum absolute atomic E-state index is 0.0140. The number of non-ortho nitro benzene ring substituents is 1. The minimum atomic E-state index is -4.56. The van der Waals surface area contributed by atoms with E-state index in [2.05, 4.69) is 15.4 Å². The van der Waals surface area contributed by atoms with Crippen LogP contribution in [0.1, 0.15) is 45.2 Å². The van der Waals surface area contributed by atoms with Crippen LogP contribution >= 0.6 is 0 Å². The summed E-state index contributed by atoms with van der Waals surface area (Å²) in [5.74, 6) is -0.935. The zero-order chi connectivity index (χ0) is 44.2. The van der Waals surface area contributed by atoms with Gasteiger partial charge < -0.3 is 19.5 Å². The topological polar surface area (TPSA) is 214 Å². The summed E-state index contributed by atoms with van der Waals surface area (Å²) >= 11 is 0. The lowest BCUT2D eigenvalue weighted by Crippen LogP contribution is -2.39. The molecule has 1 aliphatic carbocycles. The Morgan fingerprint density at radius 3 is 2.37 bits per heavy atom. The monoisotopic (exact) mass is 866 g/mol. The lowest BCUT2D eigenvalue weighted by Gasteiger charge is -2.35. The van der Waals surface area contributed by atoms with Crippen molar-refractivity contribution in [1.29, 1.82) is 0 Å². The molecule has 4 heterocycles. The molecule has 0 atom stereocenters. The highest BCUT2D eigenvalue weighted by Gasteiger charge is 2.39. The van der Waals surface area contributed by atoms with Gasteiger partial charge in [-0.05, 0) is 62.2 Å². The second kappa shape index (κ2) is 15.6. The fraction of sp³-hybridized carbons (Fsp3) is 0.262.